The predicted octanol–water partition coefficient (Wildman–Crippen LogP) is 1.93. The first-order valence-electron chi connectivity index (χ1n) is 4.87. The monoisotopic (exact) mass is 236 g/mol. The molecule has 0 radical (unpaired) electrons. The third-order valence-electron chi connectivity index (χ3n) is 2.11. The van der Waals surface area contributed by atoms with Crippen molar-refractivity contribution < 1.29 is 8.78 Å². The Morgan fingerprint density at radius 3 is 2.71 bits per heavy atom. The molecule has 0 saturated carbocycles. The Morgan fingerprint density at radius 1 is 1.35 bits per heavy atom. The molecule has 0 fully saturated rings. The van der Waals surface area contributed by atoms with E-state index in [2.05, 4.69) is 10.1 Å². The Hall–Kier alpha value is -2.24. The highest BCUT2D eigenvalue weighted by Crippen LogP contribution is 2.08. The highest BCUT2D eigenvalue weighted by molar-refractivity contribution is 5.79. The molecule has 0 unspecified atom stereocenters. The first-order chi connectivity index (χ1) is 8.06. The molecule has 0 aliphatic carbocycles. The summed E-state index contributed by atoms with van der Waals surface area (Å²) < 4.78 is 26.9. The number of anilines is 1. The lowest BCUT2D eigenvalue weighted by atomic mass is 10.2. The minimum Gasteiger partial charge on any atom is -0.368 e. The van der Waals surface area contributed by atoms with Gasteiger partial charge in [0.2, 0.25) is 5.95 Å². The van der Waals surface area contributed by atoms with E-state index in [4.69, 9.17) is 5.73 Å². The zero-order chi connectivity index (χ0) is 12.4. The number of imidazole rings is 1. The Labute approximate surface area is 96.4 Å². The zero-order valence-corrected chi connectivity index (χ0v) is 9.06. The van der Waals surface area contributed by atoms with Crippen molar-refractivity contribution in [2.24, 2.45) is 5.10 Å². The van der Waals surface area contributed by atoms with Gasteiger partial charge in [-0.2, -0.15) is 5.10 Å². The molecule has 88 valence electrons. The second kappa shape index (κ2) is 4.32. The van der Waals surface area contributed by atoms with Gasteiger partial charge >= 0.3 is 0 Å². The van der Waals surface area contributed by atoms with Gasteiger partial charge in [-0.25, -0.2) is 18.4 Å². The number of hydrogen-bond acceptors (Lipinski definition) is 3. The van der Waals surface area contributed by atoms with Crippen molar-refractivity contribution in [3.8, 4) is 0 Å². The predicted molar refractivity (Wildman–Crippen MR) is 60.7 cm³/mol. The van der Waals surface area contributed by atoms with Crippen molar-refractivity contribution in [3.05, 3.63) is 47.3 Å². The number of nitrogens with zero attached hydrogens (tertiary/aromatic N) is 3. The smallest absolute Gasteiger partial charge is 0.221 e. The Balaban J connectivity index is 2.26. The van der Waals surface area contributed by atoms with Crippen LogP contribution >= 0.6 is 0 Å². The maximum atomic E-state index is 12.9. The molecule has 0 saturated heterocycles. The van der Waals surface area contributed by atoms with Gasteiger partial charge < -0.3 is 5.73 Å². The molecular formula is C11H10F2N4. The third kappa shape index (κ3) is 2.47. The number of hydrogen-bond donors (Lipinski definition) is 1. The van der Waals surface area contributed by atoms with Crippen LogP contribution in [0.5, 0.6) is 0 Å². The van der Waals surface area contributed by atoms with E-state index in [1.54, 1.807) is 13.1 Å². The molecule has 0 aliphatic rings. The van der Waals surface area contributed by atoms with Gasteiger partial charge in [-0.1, -0.05) is 6.07 Å². The van der Waals surface area contributed by atoms with E-state index in [-0.39, 0.29) is 5.95 Å². The molecule has 0 atom stereocenters. The van der Waals surface area contributed by atoms with Gasteiger partial charge in [-0.05, 0) is 24.6 Å². The minimum absolute atomic E-state index is 0.237. The van der Waals surface area contributed by atoms with Crippen LogP contribution in [0.2, 0.25) is 0 Å². The zero-order valence-electron chi connectivity index (χ0n) is 9.06. The summed E-state index contributed by atoms with van der Waals surface area (Å²) in [6, 6.07) is 3.51. The quantitative estimate of drug-likeness (QED) is 0.810. The van der Waals surface area contributed by atoms with Crippen LogP contribution in [-0.2, 0) is 0 Å². The molecule has 0 aliphatic heterocycles. The van der Waals surface area contributed by atoms with Gasteiger partial charge in [0.05, 0.1) is 18.1 Å². The average molecular weight is 236 g/mol. The van der Waals surface area contributed by atoms with Gasteiger partial charge in [-0.3, -0.25) is 0 Å². The summed E-state index contributed by atoms with van der Waals surface area (Å²) in [7, 11) is 0. The van der Waals surface area contributed by atoms with Crippen molar-refractivity contribution >= 4 is 12.2 Å². The van der Waals surface area contributed by atoms with Crippen LogP contribution in [0.15, 0.2) is 29.5 Å². The first kappa shape index (κ1) is 11.3. The fourth-order valence-electron chi connectivity index (χ4n) is 1.32. The fraction of sp³-hybridized carbons (Fsp3) is 0.0909. The normalized spacial score (nSPS) is 11.2. The number of benzene rings is 1. The number of aromatic nitrogens is 2. The lowest BCUT2D eigenvalue weighted by molar-refractivity contribution is 0.508. The van der Waals surface area contributed by atoms with E-state index >= 15 is 0 Å². The van der Waals surface area contributed by atoms with Gasteiger partial charge in [0, 0.05) is 0 Å². The summed E-state index contributed by atoms with van der Waals surface area (Å²) in [6.45, 7) is 1.78. The Bertz CT molecular complexity index is 575. The molecule has 2 aromatic rings. The summed E-state index contributed by atoms with van der Waals surface area (Å²) in [5.41, 5.74) is 6.73. The average Bonchev–Trinajstić information content (AvgIpc) is 2.59. The lowest BCUT2D eigenvalue weighted by Crippen LogP contribution is -1.97. The second-order valence-corrected chi connectivity index (χ2v) is 3.50. The summed E-state index contributed by atoms with van der Waals surface area (Å²) in [6.07, 6.45) is 3.01. The SMILES string of the molecule is Cc1cn(N=Cc2ccc(F)c(F)c2)c(N)n1. The molecule has 0 amide bonds. The Morgan fingerprint density at radius 2 is 2.12 bits per heavy atom. The van der Waals surface area contributed by atoms with Crippen molar-refractivity contribution in [2.75, 3.05) is 5.73 Å². The van der Waals surface area contributed by atoms with Gasteiger partial charge in [-0.15, -0.1) is 0 Å². The van der Waals surface area contributed by atoms with E-state index in [1.165, 1.54) is 17.0 Å². The van der Waals surface area contributed by atoms with Crippen LogP contribution in [0.1, 0.15) is 11.3 Å². The maximum Gasteiger partial charge on any atom is 0.221 e. The maximum absolute atomic E-state index is 12.9. The number of halogens is 2. The Kier molecular flexibility index (Phi) is 2.86. The van der Waals surface area contributed by atoms with Crippen molar-refractivity contribution in [1.82, 2.24) is 9.66 Å². The van der Waals surface area contributed by atoms with E-state index in [0.717, 1.165) is 17.8 Å². The van der Waals surface area contributed by atoms with Crippen LogP contribution in [0.3, 0.4) is 0 Å². The summed E-state index contributed by atoms with van der Waals surface area (Å²) in [4.78, 5) is 3.95. The number of nitrogen functional groups attached to an aromatic ring is 1. The molecule has 2 rings (SSSR count). The summed E-state index contributed by atoms with van der Waals surface area (Å²) >= 11 is 0. The topological polar surface area (TPSA) is 56.2 Å². The minimum atomic E-state index is -0.913. The highest BCUT2D eigenvalue weighted by atomic mass is 19.2. The van der Waals surface area contributed by atoms with Crippen LogP contribution in [0.25, 0.3) is 0 Å². The molecular weight excluding hydrogens is 226 g/mol. The van der Waals surface area contributed by atoms with Crippen molar-refractivity contribution in [2.45, 2.75) is 6.92 Å². The highest BCUT2D eigenvalue weighted by Gasteiger charge is 2.01. The first-order valence-corrected chi connectivity index (χ1v) is 4.87. The number of aryl methyl sites for hydroxylation is 1. The molecule has 4 nitrogen and oxygen atoms in total. The standard InChI is InChI=1S/C11H10F2N4/c1-7-6-17(11(14)16-7)15-5-8-2-3-9(12)10(13)4-8/h2-6H,1H3,(H2,14,16). The van der Waals surface area contributed by atoms with Crippen molar-refractivity contribution in [1.29, 1.82) is 0 Å². The van der Waals surface area contributed by atoms with Gasteiger partial charge in [0.25, 0.3) is 0 Å². The number of rotatable bonds is 2. The second-order valence-electron chi connectivity index (χ2n) is 3.50. The van der Waals surface area contributed by atoms with Crippen molar-refractivity contribution in [3.63, 3.8) is 0 Å². The number of nitrogens with two attached hydrogens (primary N) is 1. The molecule has 0 spiro atoms. The molecule has 2 N–H and O–H groups in total. The lowest BCUT2D eigenvalue weighted by Gasteiger charge is -1.96. The van der Waals surface area contributed by atoms with Crippen LogP contribution in [-0.4, -0.2) is 15.9 Å². The van der Waals surface area contributed by atoms with Gasteiger partial charge in [0.15, 0.2) is 11.6 Å². The molecule has 1 aromatic heterocycles. The van der Waals surface area contributed by atoms with E-state index in [0.29, 0.717) is 5.56 Å². The van der Waals surface area contributed by atoms with E-state index in [9.17, 15) is 8.78 Å². The molecule has 1 heterocycles. The summed E-state index contributed by atoms with van der Waals surface area (Å²) in [5.74, 6) is -1.56. The fourth-order valence-corrected chi connectivity index (χ4v) is 1.32. The third-order valence-corrected chi connectivity index (χ3v) is 2.11. The van der Waals surface area contributed by atoms with E-state index < -0.39 is 11.6 Å². The molecule has 6 heteroatoms. The van der Waals surface area contributed by atoms with Crippen LogP contribution in [0.4, 0.5) is 14.7 Å². The molecule has 17 heavy (non-hydrogen) atoms. The molecule has 0 bridgehead atoms. The summed E-state index contributed by atoms with van der Waals surface area (Å²) in [5, 5.41) is 3.98. The molecule has 1 aromatic carbocycles. The van der Waals surface area contributed by atoms with E-state index in [1.807, 2.05) is 0 Å². The van der Waals surface area contributed by atoms with Gasteiger partial charge in [0.1, 0.15) is 0 Å². The largest absolute Gasteiger partial charge is 0.368 e. The van der Waals surface area contributed by atoms with Crippen LogP contribution in [0, 0.1) is 18.6 Å². The van der Waals surface area contributed by atoms with Crippen LogP contribution < -0.4 is 5.73 Å².